The molecule has 0 saturated carbocycles. The minimum Gasteiger partial charge on any atom is -0.378 e. The molecule has 2 atom stereocenters. The highest BCUT2D eigenvalue weighted by Crippen LogP contribution is 2.33. The molecule has 2 aromatic rings. The topological polar surface area (TPSA) is 53.6 Å². The number of rotatable bonds is 11. The maximum Gasteiger partial charge on any atom is 0.262 e. The monoisotopic (exact) mass is 559 g/mol. The number of anilines is 1. The molecule has 2 fully saturated rings. The molecule has 2 unspecified atom stereocenters. The summed E-state index contributed by atoms with van der Waals surface area (Å²) >= 11 is 8.96. The van der Waals surface area contributed by atoms with E-state index in [1.807, 2.05) is 4.90 Å². The van der Waals surface area contributed by atoms with Crippen LogP contribution in [0.3, 0.4) is 0 Å². The maximum absolute atomic E-state index is 15.1. The third-order valence-corrected chi connectivity index (χ3v) is 8.53. The lowest BCUT2D eigenvalue weighted by atomic mass is 10.0. The molecule has 0 aliphatic carbocycles. The van der Waals surface area contributed by atoms with E-state index in [0.29, 0.717) is 49.7 Å². The van der Waals surface area contributed by atoms with Crippen LogP contribution >= 0.6 is 35.3 Å². The van der Waals surface area contributed by atoms with E-state index in [1.54, 1.807) is 25.1 Å². The van der Waals surface area contributed by atoms with E-state index in [0.717, 1.165) is 23.3 Å². The van der Waals surface area contributed by atoms with Gasteiger partial charge in [-0.1, -0.05) is 11.6 Å². The zero-order valence-corrected chi connectivity index (χ0v) is 22.3. The van der Waals surface area contributed by atoms with Crippen molar-refractivity contribution in [1.29, 1.82) is 0 Å². The van der Waals surface area contributed by atoms with E-state index in [1.165, 1.54) is 30.0 Å². The second-order valence-electron chi connectivity index (χ2n) is 9.23. The molecule has 2 saturated heterocycles. The molecule has 36 heavy (non-hydrogen) atoms. The van der Waals surface area contributed by atoms with Crippen LogP contribution in [-0.4, -0.2) is 60.6 Å². The van der Waals surface area contributed by atoms with E-state index in [2.05, 4.69) is 10.0 Å². The van der Waals surface area contributed by atoms with Gasteiger partial charge in [-0.05, 0) is 74.5 Å². The summed E-state index contributed by atoms with van der Waals surface area (Å²) in [5, 5.41) is 3.41. The molecule has 2 N–H and O–H groups in total. The molecule has 5 nitrogen and oxygen atoms in total. The molecule has 0 spiro atoms. The van der Waals surface area contributed by atoms with Gasteiger partial charge in [0.15, 0.2) is 0 Å². The number of carbonyl (C=O) groups is 1. The van der Waals surface area contributed by atoms with Crippen LogP contribution in [0.4, 0.5) is 18.9 Å². The van der Waals surface area contributed by atoms with Gasteiger partial charge in [-0.25, -0.2) is 13.2 Å². The Balaban J connectivity index is 1.39. The van der Waals surface area contributed by atoms with Crippen molar-refractivity contribution in [1.82, 2.24) is 9.62 Å². The molecule has 0 radical (unpaired) electrons. The van der Waals surface area contributed by atoms with Gasteiger partial charge in [-0.3, -0.25) is 14.4 Å². The lowest BCUT2D eigenvalue weighted by Crippen LogP contribution is -2.49. The van der Waals surface area contributed by atoms with Crippen molar-refractivity contribution in [2.24, 2.45) is 0 Å². The van der Waals surface area contributed by atoms with Crippen LogP contribution in [0.25, 0.3) is 0 Å². The van der Waals surface area contributed by atoms with Crippen molar-refractivity contribution in [3.05, 3.63) is 53.1 Å². The lowest BCUT2D eigenvalue weighted by molar-refractivity contribution is -0.137. The van der Waals surface area contributed by atoms with Crippen molar-refractivity contribution < 1.29 is 22.7 Å². The number of likely N-dealkylation sites (tertiary alicyclic amines) is 1. The maximum atomic E-state index is 15.1. The predicted molar refractivity (Wildman–Crippen MR) is 139 cm³/mol. The van der Waals surface area contributed by atoms with Gasteiger partial charge in [0.2, 0.25) is 0 Å². The van der Waals surface area contributed by atoms with Crippen molar-refractivity contribution in [3.8, 4) is 0 Å². The minimum absolute atomic E-state index is 0.164. The second kappa shape index (κ2) is 12.3. The molecule has 1 amide bonds. The fraction of sp³-hybridized carbons (Fsp3) is 0.480. The number of hydrogen-bond acceptors (Lipinski definition) is 6. The molecular formula is C25H29ClF3N3O2S2. The Kier molecular flexibility index (Phi) is 9.38. The van der Waals surface area contributed by atoms with E-state index in [9.17, 15) is 13.6 Å². The standard InChI is InChI=1S/C25H29ClF3N3O2S2/c1-25(8-2-10-34-25)24(33)31-36-20-11-21(26)23(22(29)12-20)30-18(7-9-32-13-17(28)14-32)15-35-19-5-3-16(27)4-6-19/h3-6,11-12,17-18,30H,2,7-10,13-15H2,1H3,(H,31,33). The average Bonchev–Trinajstić information content (AvgIpc) is 3.28. The van der Waals surface area contributed by atoms with Crippen LogP contribution in [0, 0.1) is 11.6 Å². The Morgan fingerprint density at radius 1 is 1.25 bits per heavy atom. The molecule has 0 aromatic heterocycles. The fourth-order valence-corrected chi connectivity index (χ4v) is 6.14. The van der Waals surface area contributed by atoms with Gasteiger partial charge < -0.3 is 10.1 Å². The van der Waals surface area contributed by atoms with Gasteiger partial charge in [0.1, 0.15) is 23.4 Å². The third-order valence-electron chi connectivity index (χ3n) is 6.30. The Morgan fingerprint density at radius 3 is 2.64 bits per heavy atom. The van der Waals surface area contributed by atoms with Crippen LogP contribution in [0.1, 0.15) is 26.2 Å². The number of ether oxygens (including phenoxy) is 1. The summed E-state index contributed by atoms with van der Waals surface area (Å²) in [5.74, 6) is -0.518. The molecule has 2 aromatic carbocycles. The Morgan fingerprint density at radius 2 is 2.00 bits per heavy atom. The molecule has 2 aliphatic rings. The minimum atomic E-state index is -0.870. The number of benzene rings is 2. The normalized spacial score (nSPS) is 21.2. The predicted octanol–water partition coefficient (Wildman–Crippen LogP) is 5.93. The van der Waals surface area contributed by atoms with Gasteiger partial charge in [0.05, 0.1) is 10.7 Å². The third kappa shape index (κ3) is 7.25. The van der Waals surface area contributed by atoms with E-state index in [4.69, 9.17) is 16.3 Å². The molecule has 196 valence electrons. The van der Waals surface area contributed by atoms with Gasteiger partial charge in [-0.2, -0.15) is 0 Å². The molecule has 2 aliphatic heterocycles. The first-order chi connectivity index (χ1) is 17.2. The van der Waals surface area contributed by atoms with Gasteiger partial charge in [-0.15, -0.1) is 11.8 Å². The van der Waals surface area contributed by atoms with Crippen LogP contribution in [0.15, 0.2) is 46.2 Å². The fourth-order valence-electron chi connectivity index (χ4n) is 4.07. The first-order valence-electron chi connectivity index (χ1n) is 11.8. The molecule has 11 heteroatoms. The summed E-state index contributed by atoms with van der Waals surface area (Å²) in [7, 11) is 0. The molecule has 0 bridgehead atoms. The highest BCUT2D eigenvalue weighted by Gasteiger charge is 2.37. The van der Waals surface area contributed by atoms with Crippen LogP contribution in [-0.2, 0) is 9.53 Å². The summed E-state index contributed by atoms with van der Waals surface area (Å²) in [6.45, 7) is 3.78. The quantitative estimate of drug-likeness (QED) is 0.263. The first kappa shape index (κ1) is 27.4. The average molecular weight is 560 g/mol. The summed E-state index contributed by atoms with van der Waals surface area (Å²) in [6.07, 6.45) is 1.33. The van der Waals surface area contributed by atoms with Crippen molar-refractivity contribution >= 4 is 46.9 Å². The van der Waals surface area contributed by atoms with Crippen LogP contribution < -0.4 is 10.0 Å². The van der Waals surface area contributed by atoms with Gasteiger partial charge >= 0.3 is 0 Å². The SMILES string of the molecule is CC1(C(=O)NSc2cc(F)c(NC(CCN3CC(F)C3)CSc3ccc(F)cc3)c(Cl)c2)CCCO1. The van der Waals surface area contributed by atoms with Gasteiger partial charge in [0.25, 0.3) is 5.91 Å². The van der Waals surface area contributed by atoms with Crippen molar-refractivity contribution in [3.63, 3.8) is 0 Å². The highest BCUT2D eigenvalue weighted by atomic mass is 35.5. The number of hydrogen-bond donors (Lipinski definition) is 2. The van der Waals surface area contributed by atoms with Gasteiger partial charge in [0, 0.05) is 47.8 Å². The first-order valence-corrected chi connectivity index (χ1v) is 14.0. The Bertz CT molecular complexity index is 1030. The van der Waals surface area contributed by atoms with Crippen molar-refractivity contribution in [2.75, 3.05) is 37.3 Å². The van der Waals surface area contributed by atoms with Crippen molar-refractivity contribution in [2.45, 2.75) is 53.8 Å². The largest absolute Gasteiger partial charge is 0.378 e. The zero-order valence-electron chi connectivity index (χ0n) is 19.9. The number of nitrogens with zero attached hydrogens (tertiary/aromatic N) is 1. The summed E-state index contributed by atoms with van der Waals surface area (Å²) < 4.78 is 49.8. The smallest absolute Gasteiger partial charge is 0.262 e. The zero-order chi connectivity index (χ0) is 25.7. The van der Waals surface area contributed by atoms with E-state index < -0.39 is 17.6 Å². The second-order valence-corrected chi connectivity index (χ2v) is 11.6. The van der Waals surface area contributed by atoms with Crippen LogP contribution in [0.5, 0.6) is 0 Å². The Labute approximate surface area is 223 Å². The molecular weight excluding hydrogens is 531 g/mol. The number of amides is 1. The number of thioether (sulfide) groups is 1. The summed E-state index contributed by atoms with van der Waals surface area (Å²) in [6, 6.07) is 8.96. The number of carbonyl (C=O) groups excluding carboxylic acids is 1. The number of alkyl halides is 1. The Hall–Kier alpha value is -1.59. The van der Waals surface area contributed by atoms with E-state index >= 15 is 4.39 Å². The highest BCUT2D eigenvalue weighted by molar-refractivity contribution is 7.99. The lowest BCUT2D eigenvalue weighted by Gasteiger charge is -2.35. The number of nitrogens with one attached hydrogen (secondary N) is 2. The number of halogens is 4. The molecule has 2 heterocycles. The summed E-state index contributed by atoms with van der Waals surface area (Å²) in [4.78, 5) is 15.8. The molecule has 4 rings (SSSR count). The summed E-state index contributed by atoms with van der Waals surface area (Å²) in [5.41, 5.74) is -0.694. The van der Waals surface area contributed by atoms with E-state index in [-0.39, 0.29) is 28.5 Å². The van der Waals surface area contributed by atoms with Crippen LogP contribution in [0.2, 0.25) is 5.02 Å².